The van der Waals surface area contributed by atoms with Crippen molar-refractivity contribution in [1.29, 1.82) is 0 Å². The average molecular weight is 497 g/mol. The van der Waals surface area contributed by atoms with E-state index in [-0.39, 0.29) is 16.9 Å². The molecule has 8 atom stereocenters. The van der Waals surface area contributed by atoms with Crippen molar-refractivity contribution in [3.63, 3.8) is 0 Å². The predicted molar refractivity (Wildman–Crippen MR) is 131 cm³/mol. The summed E-state index contributed by atoms with van der Waals surface area (Å²) in [5.74, 6) is -1.75. The summed E-state index contributed by atoms with van der Waals surface area (Å²) in [5.41, 5.74) is 5.12. The highest BCUT2D eigenvalue weighted by atomic mass is 16.6. The lowest BCUT2D eigenvalue weighted by molar-refractivity contribution is -0.206. The zero-order chi connectivity index (χ0) is 25.9. The number of fused-ring (bicyclic) bond motifs is 5. The largest absolute Gasteiger partial charge is 0.473 e. The first kappa shape index (κ1) is 27.9. The van der Waals surface area contributed by atoms with Gasteiger partial charge in [-0.25, -0.2) is 9.59 Å². The molecule has 4 aliphatic carbocycles. The summed E-state index contributed by atoms with van der Waals surface area (Å²) in [5, 5.41) is 41.4. The molecule has 0 radical (unpaired) electrons. The van der Waals surface area contributed by atoms with E-state index in [0.717, 1.165) is 64.2 Å². The number of hydrogen-bond donors (Lipinski definition) is 5. The number of aliphatic hydroxyl groups is 2. The number of nitrogens with two attached hydrogens (primary N) is 1. The first-order chi connectivity index (χ1) is 16.5. The van der Waals surface area contributed by atoms with Crippen LogP contribution in [-0.2, 0) is 14.4 Å². The molecule has 0 aromatic heterocycles. The summed E-state index contributed by atoms with van der Waals surface area (Å²) >= 11 is 0. The highest BCUT2D eigenvalue weighted by Gasteiger charge is 2.66. The van der Waals surface area contributed by atoms with E-state index in [9.17, 15) is 10.2 Å². The molecule has 0 spiro atoms. The number of unbranched alkanes of at least 4 members (excludes halogenated alkanes) is 1. The van der Waals surface area contributed by atoms with E-state index >= 15 is 0 Å². The highest BCUT2D eigenvalue weighted by molar-refractivity contribution is 6.27. The zero-order valence-electron chi connectivity index (χ0n) is 21.2. The molecule has 0 aromatic rings. The van der Waals surface area contributed by atoms with Gasteiger partial charge >= 0.3 is 11.9 Å². The number of carbonyl (C=O) groups is 2. The van der Waals surface area contributed by atoms with Gasteiger partial charge in [0.15, 0.2) is 0 Å². The van der Waals surface area contributed by atoms with Crippen molar-refractivity contribution in [2.24, 2.45) is 45.4 Å². The van der Waals surface area contributed by atoms with Crippen molar-refractivity contribution in [2.45, 2.75) is 96.2 Å². The smallest absolute Gasteiger partial charge is 0.414 e. The number of nitrogens with zero attached hydrogens (tertiary/aromatic N) is 1. The van der Waals surface area contributed by atoms with Gasteiger partial charge in [-0.15, -0.1) is 0 Å². The molecule has 4 rings (SSSR count). The van der Waals surface area contributed by atoms with Crippen LogP contribution >= 0.6 is 0 Å². The Hall–Kier alpha value is -1.71. The van der Waals surface area contributed by atoms with Crippen molar-refractivity contribution in [3.8, 4) is 0 Å². The van der Waals surface area contributed by atoms with Crippen molar-refractivity contribution in [1.82, 2.24) is 0 Å². The number of hydrogen-bond acceptors (Lipinski definition) is 7. The summed E-state index contributed by atoms with van der Waals surface area (Å²) < 4.78 is 0. The average Bonchev–Trinajstić information content (AvgIpc) is 3.08. The number of rotatable bonds is 6. The lowest BCUT2D eigenvalue weighted by Crippen LogP contribution is -2.62. The van der Waals surface area contributed by atoms with Gasteiger partial charge in [0.05, 0.1) is 11.7 Å². The number of oxime groups is 1. The first-order valence-corrected chi connectivity index (χ1v) is 13.2. The lowest BCUT2D eigenvalue weighted by atomic mass is 9.43. The fourth-order valence-corrected chi connectivity index (χ4v) is 7.96. The molecule has 0 heterocycles. The van der Waals surface area contributed by atoms with Crippen LogP contribution in [0.3, 0.4) is 0 Å². The van der Waals surface area contributed by atoms with Crippen LogP contribution in [0, 0.1) is 34.5 Å². The summed E-state index contributed by atoms with van der Waals surface area (Å²) in [6.45, 7) is 6.09. The quantitative estimate of drug-likeness (QED) is 0.162. The summed E-state index contributed by atoms with van der Waals surface area (Å²) in [4.78, 5) is 23.7. The summed E-state index contributed by atoms with van der Waals surface area (Å²) in [7, 11) is 0. The van der Waals surface area contributed by atoms with Crippen LogP contribution in [0.2, 0.25) is 0 Å². The molecule has 0 saturated heterocycles. The van der Waals surface area contributed by atoms with Crippen LogP contribution in [0.5, 0.6) is 0 Å². The molecule has 4 aliphatic rings. The second-order valence-electron chi connectivity index (χ2n) is 11.6. The van der Waals surface area contributed by atoms with Crippen LogP contribution < -0.4 is 5.73 Å². The highest BCUT2D eigenvalue weighted by Crippen LogP contribution is 2.68. The monoisotopic (exact) mass is 496 g/mol. The van der Waals surface area contributed by atoms with Gasteiger partial charge in [-0.1, -0.05) is 19.0 Å². The molecular formula is C26H44N2O7. The molecule has 200 valence electrons. The van der Waals surface area contributed by atoms with Crippen LogP contribution in [0.25, 0.3) is 0 Å². The maximum Gasteiger partial charge on any atom is 0.414 e. The third kappa shape index (κ3) is 5.37. The van der Waals surface area contributed by atoms with Gasteiger partial charge in [0.2, 0.25) is 0 Å². The van der Waals surface area contributed by atoms with E-state index in [0.29, 0.717) is 36.8 Å². The normalized spacial score (nSPS) is 42.3. The number of aliphatic carboxylic acids is 2. The van der Waals surface area contributed by atoms with Crippen LogP contribution in [0.1, 0.15) is 84.5 Å². The van der Waals surface area contributed by atoms with Gasteiger partial charge < -0.3 is 31.0 Å². The standard InChI is InChI=1S/C24H42N2O3.C2H2O4/c1-22-10-8-19(27)15-17(22)5-6-21-20(22)9-11-23(2)18(7-12-24(21,23)28)16-26-29-14-4-3-13-25;3-1(4)2(5)6/h16-21,27-28H,3-15,25H2,1-2H3;(H,3,4)(H,5,6)/b26-16+;/t17-,18-,19+,20+,21-,22+,23-,24+;/m1./s1. The minimum absolute atomic E-state index is 0.102. The Bertz CT molecular complexity index is 780. The maximum absolute atomic E-state index is 12.1. The Morgan fingerprint density at radius 1 is 1.00 bits per heavy atom. The molecule has 0 aromatic carbocycles. The molecule has 35 heavy (non-hydrogen) atoms. The van der Waals surface area contributed by atoms with Gasteiger partial charge in [0.1, 0.15) is 6.61 Å². The fraction of sp³-hybridized carbons (Fsp3) is 0.885. The third-order valence-electron chi connectivity index (χ3n) is 10.1. The van der Waals surface area contributed by atoms with Gasteiger partial charge in [0.25, 0.3) is 0 Å². The van der Waals surface area contributed by atoms with Gasteiger partial charge in [-0.3, -0.25) is 0 Å². The Balaban J connectivity index is 0.000000509. The van der Waals surface area contributed by atoms with Gasteiger partial charge in [-0.2, -0.15) is 0 Å². The summed E-state index contributed by atoms with van der Waals surface area (Å²) in [6.07, 6.45) is 13.2. The van der Waals surface area contributed by atoms with E-state index in [4.69, 9.17) is 30.4 Å². The third-order valence-corrected chi connectivity index (χ3v) is 10.1. The second-order valence-corrected chi connectivity index (χ2v) is 11.6. The van der Waals surface area contributed by atoms with E-state index < -0.39 is 17.5 Å². The minimum atomic E-state index is -1.82. The Morgan fingerprint density at radius 2 is 1.71 bits per heavy atom. The van der Waals surface area contributed by atoms with Crippen molar-refractivity contribution < 1.29 is 34.9 Å². The Kier molecular flexibility index (Phi) is 8.86. The maximum atomic E-state index is 12.1. The molecular weight excluding hydrogens is 452 g/mol. The van der Waals surface area contributed by atoms with E-state index in [1.807, 2.05) is 6.21 Å². The number of carboxylic acids is 2. The van der Waals surface area contributed by atoms with Gasteiger partial charge in [0, 0.05) is 17.5 Å². The molecule has 9 nitrogen and oxygen atoms in total. The van der Waals surface area contributed by atoms with E-state index in [2.05, 4.69) is 19.0 Å². The molecule has 0 aliphatic heterocycles. The van der Waals surface area contributed by atoms with Crippen molar-refractivity contribution >= 4 is 18.2 Å². The van der Waals surface area contributed by atoms with E-state index in [1.54, 1.807) is 0 Å². The van der Waals surface area contributed by atoms with Crippen LogP contribution in [0.4, 0.5) is 0 Å². The van der Waals surface area contributed by atoms with Crippen molar-refractivity contribution in [3.05, 3.63) is 0 Å². The molecule has 0 amide bonds. The van der Waals surface area contributed by atoms with E-state index in [1.165, 1.54) is 6.42 Å². The Labute approximate surface area is 208 Å². The Morgan fingerprint density at radius 3 is 2.37 bits per heavy atom. The van der Waals surface area contributed by atoms with Crippen LogP contribution in [0.15, 0.2) is 5.16 Å². The molecule has 0 bridgehead atoms. The molecule has 0 unspecified atom stereocenters. The SMILES string of the molecule is C[C@]12CC[C@H](O)C[C@H]1CC[C@@H]1[C@@H]2CC[C@]2(C)[C@@H](/C=N/OCCCCN)CC[C@]12O.O=C(O)C(=O)O. The molecule has 6 N–H and O–H groups in total. The fourth-order valence-electron chi connectivity index (χ4n) is 7.96. The number of carboxylic acid groups (broad SMARTS) is 2. The van der Waals surface area contributed by atoms with Gasteiger partial charge in [-0.05, 0) is 100 Å². The van der Waals surface area contributed by atoms with Crippen molar-refractivity contribution in [2.75, 3.05) is 13.2 Å². The number of aliphatic hydroxyl groups excluding tert-OH is 1. The first-order valence-electron chi connectivity index (χ1n) is 13.2. The summed E-state index contributed by atoms with van der Waals surface area (Å²) in [6, 6.07) is 0. The molecule has 4 fully saturated rings. The lowest BCUT2D eigenvalue weighted by Gasteiger charge is -2.63. The zero-order valence-corrected chi connectivity index (χ0v) is 21.2. The topological polar surface area (TPSA) is 163 Å². The predicted octanol–water partition coefficient (Wildman–Crippen LogP) is 3.02. The minimum Gasteiger partial charge on any atom is -0.473 e. The molecule has 9 heteroatoms. The second kappa shape index (κ2) is 11.1. The van der Waals surface area contributed by atoms with Crippen LogP contribution in [-0.4, -0.2) is 63.4 Å². The molecule has 4 saturated carbocycles.